The molecule has 4 nitrogen and oxygen atoms in total. The lowest BCUT2D eigenvalue weighted by atomic mass is 10.1. The summed E-state index contributed by atoms with van der Waals surface area (Å²) in [5, 5.41) is 0. The van der Waals surface area contributed by atoms with E-state index in [9.17, 15) is 0 Å². The van der Waals surface area contributed by atoms with E-state index in [1.165, 1.54) is 0 Å². The molecule has 0 aliphatic carbocycles. The first-order valence-electron chi connectivity index (χ1n) is 8.72. The number of rotatable bonds is 5. The molecule has 0 saturated heterocycles. The van der Waals surface area contributed by atoms with Crippen LogP contribution in [-0.2, 0) is 0 Å². The Morgan fingerprint density at radius 3 is 2.00 bits per heavy atom. The summed E-state index contributed by atoms with van der Waals surface area (Å²) in [5.74, 6) is 1.61. The van der Waals surface area contributed by atoms with Crippen LogP contribution in [-0.4, -0.2) is 17.1 Å². The third kappa shape index (κ3) is 3.65. The van der Waals surface area contributed by atoms with Crippen LogP contribution in [0.1, 0.15) is 0 Å². The Labute approximate surface area is 158 Å². The van der Waals surface area contributed by atoms with Crippen molar-refractivity contribution in [2.24, 2.45) is 0 Å². The van der Waals surface area contributed by atoms with Crippen LogP contribution in [0.4, 0.5) is 17.2 Å². The minimum Gasteiger partial charge on any atom is -0.497 e. The number of hydrogen-bond donors (Lipinski definition) is 0. The molecule has 4 rings (SSSR count). The highest BCUT2D eigenvalue weighted by atomic mass is 16.5. The molecule has 0 fully saturated rings. The van der Waals surface area contributed by atoms with Gasteiger partial charge in [-0.05, 0) is 36.4 Å². The Bertz CT molecular complexity index is 980. The van der Waals surface area contributed by atoms with Gasteiger partial charge in [-0.1, -0.05) is 48.5 Å². The smallest absolute Gasteiger partial charge is 0.141 e. The van der Waals surface area contributed by atoms with Crippen molar-refractivity contribution in [3.05, 3.63) is 97.3 Å². The summed E-state index contributed by atoms with van der Waals surface area (Å²) in [6, 6.07) is 30.3. The predicted octanol–water partition coefficient (Wildman–Crippen LogP) is 5.62. The number of nitrogens with zero attached hydrogens (tertiary/aromatic N) is 3. The maximum absolute atomic E-state index is 5.34. The van der Waals surface area contributed by atoms with Gasteiger partial charge in [-0.15, -0.1) is 0 Å². The molecule has 0 N–H and O–H groups in total. The summed E-state index contributed by atoms with van der Waals surface area (Å²) in [5.41, 5.74) is 3.91. The number of ether oxygens (including phenoxy) is 1. The van der Waals surface area contributed by atoms with E-state index in [1.54, 1.807) is 13.4 Å². The SMILES string of the molecule is COc1cccc(-c2cc(N(c3ccccc3)c3ccccc3)ncn2)c1. The van der Waals surface area contributed by atoms with Crippen LogP contribution >= 0.6 is 0 Å². The van der Waals surface area contributed by atoms with E-state index in [-0.39, 0.29) is 0 Å². The fourth-order valence-corrected chi connectivity index (χ4v) is 2.98. The molecule has 132 valence electrons. The Morgan fingerprint density at radius 1 is 0.704 bits per heavy atom. The van der Waals surface area contributed by atoms with Crippen LogP contribution < -0.4 is 9.64 Å². The molecule has 0 aliphatic heterocycles. The van der Waals surface area contributed by atoms with E-state index >= 15 is 0 Å². The number of hydrogen-bond acceptors (Lipinski definition) is 4. The van der Waals surface area contributed by atoms with Crippen molar-refractivity contribution in [1.29, 1.82) is 0 Å². The van der Waals surface area contributed by atoms with E-state index in [0.717, 1.165) is 34.2 Å². The van der Waals surface area contributed by atoms with Crippen molar-refractivity contribution in [3.8, 4) is 17.0 Å². The second-order valence-electron chi connectivity index (χ2n) is 6.00. The molecule has 1 heterocycles. The number of aromatic nitrogens is 2. The number of methoxy groups -OCH3 is 1. The molecule has 0 bridgehead atoms. The normalized spacial score (nSPS) is 10.4. The standard InChI is InChI=1S/C23H19N3O/c1-27-21-14-8-9-18(15-21)22-16-23(25-17-24-22)26(19-10-4-2-5-11-19)20-12-6-3-7-13-20/h2-17H,1H3. The van der Waals surface area contributed by atoms with Gasteiger partial charge in [0.2, 0.25) is 0 Å². The zero-order chi connectivity index (χ0) is 18.5. The summed E-state index contributed by atoms with van der Waals surface area (Å²) in [4.78, 5) is 11.1. The summed E-state index contributed by atoms with van der Waals surface area (Å²) in [6.07, 6.45) is 1.60. The van der Waals surface area contributed by atoms with Gasteiger partial charge in [-0.2, -0.15) is 0 Å². The molecule has 0 radical (unpaired) electrons. The highest BCUT2D eigenvalue weighted by molar-refractivity contribution is 5.76. The third-order valence-corrected chi connectivity index (χ3v) is 4.28. The Morgan fingerprint density at radius 2 is 1.37 bits per heavy atom. The molecule has 1 aromatic heterocycles. The maximum atomic E-state index is 5.34. The Balaban J connectivity index is 1.81. The van der Waals surface area contributed by atoms with Crippen LogP contribution in [0.3, 0.4) is 0 Å². The lowest BCUT2D eigenvalue weighted by Crippen LogP contribution is -2.11. The van der Waals surface area contributed by atoms with E-state index in [4.69, 9.17) is 4.74 Å². The quantitative estimate of drug-likeness (QED) is 0.466. The summed E-state index contributed by atoms with van der Waals surface area (Å²) >= 11 is 0. The van der Waals surface area contributed by atoms with Crippen molar-refractivity contribution < 1.29 is 4.74 Å². The monoisotopic (exact) mass is 353 g/mol. The van der Waals surface area contributed by atoms with Gasteiger partial charge >= 0.3 is 0 Å². The fourth-order valence-electron chi connectivity index (χ4n) is 2.98. The number of para-hydroxylation sites is 2. The van der Waals surface area contributed by atoms with Gasteiger partial charge < -0.3 is 4.74 Å². The second-order valence-corrected chi connectivity index (χ2v) is 6.00. The van der Waals surface area contributed by atoms with Gasteiger partial charge in [0.15, 0.2) is 0 Å². The maximum Gasteiger partial charge on any atom is 0.141 e. The van der Waals surface area contributed by atoms with E-state index in [0.29, 0.717) is 0 Å². The van der Waals surface area contributed by atoms with Crippen LogP contribution in [0, 0.1) is 0 Å². The zero-order valence-corrected chi connectivity index (χ0v) is 15.0. The van der Waals surface area contributed by atoms with Gasteiger partial charge in [0, 0.05) is 23.0 Å². The molecule has 0 spiro atoms. The molecule has 4 aromatic rings. The molecule has 0 aliphatic rings. The van der Waals surface area contributed by atoms with Gasteiger partial charge in [0.25, 0.3) is 0 Å². The molecule has 4 heteroatoms. The number of anilines is 3. The molecule has 0 saturated carbocycles. The van der Waals surface area contributed by atoms with Crippen molar-refractivity contribution in [3.63, 3.8) is 0 Å². The van der Waals surface area contributed by atoms with Crippen molar-refractivity contribution >= 4 is 17.2 Å². The summed E-state index contributed by atoms with van der Waals surface area (Å²) in [7, 11) is 1.66. The van der Waals surface area contributed by atoms with Gasteiger partial charge in [0.05, 0.1) is 12.8 Å². The highest BCUT2D eigenvalue weighted by Gasteiger charge is 2.14. The van der Waals surface area contributed by atoms with Crippen LogP contribution in [0.15, 0.2) is 97.3 Å². The molecule has 0 unspecified atom stereocenters. The average molecular weight is 353 g/mol. The molecule has 0 amide bonds. The van der Waals surface area contributed by atoms with E-state index in [2.05, 4.69) is 39.1 Å². The number of benzene rings is 3. The molecular weight excluding hydrogens is 334 g/mol. The zero-order valence-electron chi connectivity index (χ0n) is 15.0. The molecular formula is C23H19N3O. The minimum atomic E-state index is 0.802. The molecule has 3 aromatic carbocycles. The van der Waals surface area contributed by atoms with Crippen molar-refractivity contribution in [2.45, 2.75) is 0 Å². The largest absolute Gasteiger partial charge is 0.497 e. The summed E-state index contributed by atoms with van der Waals surface area (Å²) < 4.78 is 5.34. The van der Waals surface area contributed by atoms with Gasteiger partial charge in [-0.25, -0.2) is 9.97 Å². The third-order valence-electron chi connectivity index (χ3n) is 4.28. The van der Waals surface area contributed by atoms with Crippen LogP contribution in [0.5, 0.6) is 5.75 Å². The van der Waals surface area contributed by atoms with Crippen LogP contribution in [0.2, 0.25) is 0 Å². The van der Waals surface area contributed by atoms with Crippen molar-refractivity contribution in [2.75, 3.05) is 12.0 Å². The van der Waals surface area contributed by atoms with E-state index in [1.807, 2.05) is 66.7 Å². The fraction of sp³-hybridized carbons (Fsp3) is 0.0435. The first kappa shape index (κ1) is 16.8. The highest BCUT2D eigenvalue weighted by Crippen LogP contribution is 2.34. The molecule has 0 atom stereocenters. The minimum absolute atomic E-state index is 0.802. The van der Waals surface area contributed by atoms with Crippen LogP contribution in [0.25, 0.3) is 11.3 Å². The lowest BCUT2D eigenvalue weighted by Gasteiger charge is -2.24. The van der Waals surface area contributed by atoms with Gasteiger partial charge in [0.1, 0.15) is 17.9 Å². The van der Waals surface area contributed by atoms with Gasteiger partial charge in [-0.3, -0.25) is 4.90 Å². The average Bonchev–Trinajstić information content (AvgIpc) is 2.76. The Kier molecular flexibility index (Phi) is 4.79. The van der Waals surface area contributed by atoms with E-state index < -0.39 is 0 Å². The lowest BCUT2D eigenvalue weighted by molar-refractivity contribution is 0.415. The second kappa shape index (κ2) is 7.70. The first-order valence-corrected chi connectivity index (χ1v) is 8.72. The predicted molar refractivity (Wildman–Crippen MR) is 109 cm³/mol. The topological polar surface area (TPSA) is 38.2 Å². The summed E-state index contributed by atoms with van der Waals surface area (Å²) in [6.45, 7) is 0. The Hall–Kier alpha value is -3.66. The molecule has 27 heavy (non-hydrogen) atoms. The first-order chi connectivity index (χ1) is 13.3. The van der Waals surface area contributed by atoms with Crippen molar-refractivity contribution in [1.82, 2.24) is 9.97 Å².